The van der Waals surface area contributed by atoms with Gasteiger partial charge in [-0.3, -0.25) is 14.8 Å². The van der Waals surface area contributed by atoms with Gasteiger partial charge in [-0.15, -0.1) is 6.42 Å². The molecular formula is C25H18ClFN4O2. The Kier molecular flexibility index (Phi) is 5.45. The van der Waals surface area contributed by atoms with Crippen molar-refractivity contribution in [1.82, 2.24) is 19.9 Å². The molecule has 8 heteroatoms. The number of rotatable bonds is 4. The average molecular weight is 461 g/mol. The van der Waals surface area contributed by atoms with Crippen molar-refractivity contribution in [2.75, 3.05) is 13.1 Å². The van der Waals surface area contributed by atoms with Crippen LogP contribution in [0.25, 0.3) is 33.4 Å². The quantitative estimate of drug-likeness (QED) is 0.448. The van der Waals surface area contributed by atoms with Gasteiger partial charge in [-0.25, -0.2) is 4.39 Å². The van der Waals surface area contributed by atoms with E-state index < -0.39 is 5.82 Å². The molecule has 1 aromatic carbocycles. The number of fused-ring (bicyclic) bond motifs is 1. The lowest BCUT2D eigenvalue weighted by atomic mass is 10.00. The van der Waals surface area contributed by atoms with Crippen molar-refractivity contribution in [3.63, 3.8) is 0 Å². The second-order valence-corrected chi connectivity index (χ2v) is 8.13. The van der Waals surface area contributed by atoms with Crippen molar-refractivity contribution in [3.05, 3.63) is 65.8 Å². The lowest BCUT2D eigenvalue weighted by molar-refractivity contribution is -0.124. The Balaban J connectivity index is 1.61. The SMILES string of the molecule is C#CC(=O)N1CCC(Oc2cnccc2-c2[nH]c3cccnc3c2-c2cc(Cl)ccc2F)C1. The standard InChI is InChI=1S/C25H18ClFN4O2/c1-2-22(32)31-11-8-16(14-31)33-21-13-28-10-7-17(21)24-23(18-12-15(26)5-6-19(18)27)25-20(30-24)4-3-9-29-25/h1,3-7,9-10,12-13,16,30H,8,11,14H2. The largest absolute Gasteiger partial charge is 0.486 e. The summed E-state index contributed by atoms with van der Waals surface area (Å²) in [4.78, 5) is 25.5. The summed E-state index contributed by atoms with van der Waals surface area (Å²) in [6, 6.07) is 9.90. The number of hydrogen-bond acceptors (Lipinski definition) is 4. The van der Waals surface area contributed by atoms with Crippen molar-refractivity contribution in [1.29, 1.82) is 0 Å². The first-order valence-electron chi connectivity index (χ1n) is 10.3. The van der Waals surface area contributed by atoms with E-state index in [1.165, 1.54) is 12.1 Å². The number of H-pyrrole nitrogens is 1. The minimum Gasteiger partial charge on any atom is -0.486 e. The van der Waals surface area contributed by atoms with E-state index in [2.05, 4.69) is 20.9 Å². The topological polar surface area (TPSA) is 71.1 Å². The molecule has 4 heterocycles. The maximum absolute atomic E-state index is 14.9. The zero-order valence-electron chi connectivity index (χ0n) is 17.4. The molecule has 5 rings (SSSR count). The number of carbonyl (C=O) groups is 1. The molecule has 164 valence electrons. The predicted octanol–water partition coefficient (Wildman–Crippen LogP) is 4.70. The zero-order chi connectivity index (χ0) is 22.9. The summed E-state index contributed by atoms with van der Waals surface area (Å²) >= 11 is 6.20. The third-order valence-electron chi connectivity index (χ3n) is 5.66. The molecule has 1 unspecified atom stereocenters. The van der Waals surface area contributed by atoms with Crippen LogP contribution < -0.4 is 4.74 Å². The lowest BCUT2D eigenvalue weighted by Crippen LogP contribution is -2.29. The maximum Gasteiger partial charge on any atom is 0.298 e. The second kappa shape index (κ2) is 8.57. The van der Waals surface area contributed by atoms with Gasteiger partial charge in [0, 0.05) is 47.1 Å². The number of nitrogens with zero attached hydrogens (tertiary/aromatic N) is 3. The molecule has 0 aliphatic carbocycles. The molecule has 0 radical (unpaired) electrons. The van der Waals surface area contributed by atoms with Crippen LogP contribution in [-0.2, 0) is 4.79 Å². The number of ether oxygens (including phenoxy) is 1. The molecule has 3 aromatic heterocycles. The Hall–Kier alpha value is -3.89. The summed E-state index contributed by atoms with van der Waals surface area (Å²) in [5, 5.41) is 0.415. The number of terminal acetylenes is 1. The lowest BCUT2D eigenvalue weighted by Gasteiger charge is -2.17. The minimum atomic E-state index is -0.414. The van der Waals surface area contributed by atoms with Gasteiger partial charge in [0.05, 0.1) is 29.5 Å². The number of likely N-dealkylation sites (tertiary alicyclic amines) is 1. The molecule has 1 saturated heterocycles. The molecule has 1 amide bonds. The number of hydrogen-bond donors (Lipinski definition) is 1. The van der Waals surface area contributed by atoms with Crippen LogP contribution in [0.1, 0.15) is 6.42 Å². The van der Waals surface area contributed by atoms with Crippen LogP contribution in [0.4, 0.5) is 4.39 Å². The van der Waals surface area contributed by atoms with E-state index in [9.17, 15) is 9.18 Å². The summed E-state index contributed by atoms with van der Waals surface area (Å²) < 4.78 is 21.2. The van der Waals surface area contributed by atoms with Crippen molar-refractivity contribution in [3.8, 4) is 40.5 Å². The van der Waals surface area contributed by atoms with Crippen LogP contribution in [-0.4, -0.2) is 45.0 Å². The average Bonchev–Trinajstić information content (AvgIpc) is 3.45. The fourth-order valence-corrected chi connectivity index (χ4v) is 4.31. The fraction of sp³-hybridized carbons (Fsp3) is 0.160. The molecule has 0 bridgehead atoms. The third kappa shape index (κ3) is 3.90. The Morgan fingerprint density at radius 3 is 3.00 bits per heavy atom. The van der Waals surface area contributed by atoms with Crippen LogP contribution in [0.2, 0.25) is 5.02 Å². The number of benzene rings is 1. The van der Waals surface area contributed by atoms with E-state index >= 15 is 0 Å². The Labute approximate surface area is 194 Å². The molecule has 4 aromatic rings. The van der Waals surface area contributed by atoms with Gasteiger partial charge in [-0.1, -0.05) is 11.6 Å². The molecule has 6 nitrogen and oxygen atoms in total. The van der Waals surface area contributed by atoms with Crippen LogP contribution in [0.15, 0.2) is 55.0 Å². The summed E-state index contributed by atoms with van der Waals surface area (Å²) in [6.45, 7) is 0.917. The van der Waals surface area contributed by atoms with E-state index in [0.29, 0.717) is 58.2 Å². The molecule has 1 atom stereocenters. The van der Waals surface area contributed by atoms with Gasteiger partial charge in [0.1, 0.15) is 17.7 Å². The molecule has 1 aliphatic rings. The van der Waals surface area contributed by atoms with Crippen LogP contribution in [0.3, 0.4) is 0 Å². The summed E-state index contributed by atoms with van der Waals surface area (Å²) in [5.74, 6) is 1.88. The summed E-state index contributed by atoms with van der Waals surface area (Å²) in [5.41, 5.74) is 3.60. The van der Waals surface area contributed by atoms with Crippen molar-refractivity contribution in [2.45, 2.75) is 12.5 Å². The molecular weight excluding hydrogens is 443 g/mol. The predicted molar refractivity (Wildman–Crippen MR) is 124 cm³/mol. The van der Waals surface area contributed by atoms with Gasteiger partial charge >= 0.3 is 0 Å². The van der Waals surface area contributed by atoms with E-state index in [1.54, 1.807) is 41.7 Å². The van der Waals surface area contributed by atoms with Crippen LogP contribution >= 0.6 is 11.6 Å². The molecule has 1 N–H and O–H groups in total. The van der Waals surface area contributed by atoms with Gasteiger partial charge in [0.15, 0.2) is 0 Å². The Morgan fingerprint density at radius 2 is 2.15 bits per heavy atom. The summed E-state index contributed by atoms with van der Waals surface area (Å²) in [7, 11) is 0. The van der Waals surface area contributed by atoms with E-state index in [1.807, 2.05) is 6.07 Å². The van der Waals surface area contributed by atoms with E-state index in [-0.39, 0.29) is 12.0 Å². The number of amides is 1. The fourth-order valence-electron chi connectivity index (χ4n) is 4.13. The molecule has 33 heavy (non-hydrogen) atoms. The number of halogens is 2. The van der Waals surface area contributed by atoms with Gasteiger partial charge in [-0.05, 0) is 42.3 Å². The highest BCUT2D eigenvalue weighted by atomic mass is 35.5. The Morgan fingerprint density at radius 1 is 1.27 bits per heavy atom. The first kappa shape index (κ1) is 21.0. The van der Waals surface area contributed by atoms with Crippen LogP contribution in [0.5, 0.6) is 5.75 Å². The van der Waals surface area contributed by atoms with Gasteiger partial charge < -0.3 is 14.6 Å². The smallest absolute Gasteiger partial charge is 0.298 e. The van der Waals surface area contributed by atoms with Gasteiger partial charge in [0.25, 0.3) is 5.91 Å². The first-order chi connectivity index (χ1) is 16.0. The number of aromatic nitrogens is 3. The first-order valence-corrected chi connectivity index (χ1v) is 10.7. The van der Waals surface area contributed by atoms with Gasteiger partial charge in [0.2, 0.25) is 0 Å². The molecule has 0 spiro atoms. The third-order valence-corrected chi connectivity index (χ3v) is 5.89. The van der Waals surface area contributed by atoms with Crippen LogP contribution in [0, 0.1) is 18.2 Å². The molecule has 0 saturated carbocycles. The van der Waals surface area contributed by atoms with Crippen molar-refractivity contribution >= 4 is 28.5 Å². The zero-order valence-corrected chi connectivity index (χ0v) is 18.1. The van der Waals surface area contributed by atoms with E-state index in [4.69, 9.17) is 22.8 Å². The molecule has 1 aliphatic heterocycles. The number of carbonyl (C=O) groups excluding carboxylic acids is 1. The number of aromatic amines is 1. The van der Waals surface area contributed by atoms with E-state index in [0.717, 1.165) is 5.52 Å². The normalized spacial score (nSPS) is 15.5. The highest BCUT2D eigenvalue weighted by molar-refractivity contribution is 6.31. The monoisotopic (exact) mass is 460 g/mol. The van der Waals surface area contributed by atoms with Crippen molar-refractivity contribution in [2.24, 2.45) is 0 Å². The maximum atomic E-state index is 14.9. The Bertz CT molecular complexity index is 1410. The van der Waals surface area contributed by atoms with Crippen molar-refractivity contribution < 1.29 is 13.9 Å². The second-order valence-electron chi connectivity index (χ2n) is 7.69. The van der Waals surface area contributed by atoms with Gasteiger partial charge in [-0.2, -0.15) is 0 Å². The number of nitrogens with one attached hydrogen (secondary N) is 1. The summed E-state index contributed by atoms with van der Waals surface area (Å²) in [6.07, 6.45) is 10.6. The highest BCUT2D eigenvalue weighted by Crippen LogP contribution is 2.42. The number of pyridine rings is 2. The highest BCUT2D eigenvalue weighted by Gasteiger charge is 2.28. The molecule has 1 fully saturated rings. The minimum absolute atomic E-state index is 0.237.